The molecule has 3 heterocycles. The molecule has 0 radical (unpaired) electrons. The lowest BCUT2D eigenvalue weighted by Gasteiger charge is -2.22. The quantitative estimate of drug-likeness (QED) is 0.616. The minimum atomic E-state index is -0.197. The molecule has 156 valence electrons. The fraction of sp³-hybridized carbons (Fsp3) is 0.368. The zero-order valence-corrected chi connectivity index (χ0v) is 17.5. The van der Waals surface area contributed by atoms with Crippen LogP contribution in [-0.2, 0) is 13.1 Å². The number of nitrogens with one attached hydrogen (secondary N) is 2. The molecule has 1 amide bonds. The van der Waals surface area contributed by atoms with E-state index in [4.69, 9.17) is 0 Å². The Morgan fingerprint density at radius 1 is 1.14 bits per heavy atom. The number of piperidine rings is 1. The van der Waals surface area contributed by atoms with Crippen molar-refractivity contribution < 1.29 is 4.79 Å². The maximum absolute atomic E-state index is 12.3. The Morgan fingerprint density at radius 3 is 2.55 bits per heavy atom. The Kier molecular flexibility index (Phi) is 8.63. The highest BCUT2D eigenvalue weighted by molar-refractivity contribution is 5.91. The fourth-order valence-corrected chi connectivity index (χ4v) is 3.26. The van der Waals surface area contributed by atoms with Crippen LogP contribution in [0.5, 0.6) is 0 Å². The second kappa shape index (κ2) is 10.9. The van der Waals surface area contributed by atoms with Gasteiger partial charge in [-0.2, -0.15) is 0 Å². The van der Waals surface area contributed by atoms with Crippen molar-refractivity contribution in [2.45, 2.75) is 32.0 Å². The van der Waals surface area contributed by atoms with E-state index in [9.17, 15) is 4.79 Å². The number of rotatable bonds is 6. The normalized spacial score (nSPS) is 13.9. The second-order valence-electron chi connectivity index (χ2n) is 6.80. The molecular weight excluding hydrogens is 413 g/mol. The zero-order valence-electron chi connectivity index (χ0n) is 15.9. The van der Waals surface area contributed by atoms with Crippen LogP contribution in [0.15, 0.2) is 49.2 Å². The van der Waals surface area contributed by atoms with Gasteiger partial charge in [-0.25, -0.2) is 9.67 Å². The number of hydrogen-bond donors (Lipinski definition) is 2. The number of nitrogens with zero attached hydrogens (tertiary/aromatic N) is 5. The first-order valence-electron chi connectivity index (χ1n) is 9.22. The molecule has 2 aromatic heterocycles. The molecule has 0 atom stereocenters. The van der Waals surface area contributed by atoms with Gasteiger partial charge in [-0.3, -0.25) is 4.79 Å². The first kappa shape index (κ1) is 22.9. The highest BCUT2D eigenvalue weighted by Gasteiger charge is 2.18. The van der Waals surface area contributed by atoms with Gasteiger partial charge < -0.3 is 15.2 Å². The van der Waals surface area contributed by atoms with Crippen LogP contribution in [0.1, 0.15) is 40.5 Å². The minimum Gasteiger partial charge on any atom is -0.347 e. The lowest BCUT2D eigenvalue weighted by atomic mass is 10.1. The van der Waals surface area contributed by atoms with Crippen LogP contribution in [0.4, 0.5) is 0 Å². The van der Waals surface area contributed by atoms with Crippen molar-refractivity contribution in [2.24, 2.45) is 0 Å². The smallest absolute Gasteiger partial charge is 0.273 e. The molecule has 10 heteroatoms. The number of imidazole rings is 1. The van der Waals surface area contributed by atoms with Crippen molar-refractivity contribution in [1.82, 2.24) is 35.2 Å². The molecule has 29 heavy (non-hydrogen) atoms. The summed E-state index contributed by atoms with van der Waals surface area (Å²) in [6.07, 6.45) is 9.27. The molecule has 1 aromatic carbocycles. The zero-order chi connectivity index (χ0) is 18.5. The summed E-state index contributed by atoms with van der Waals surface area (Å²) in [5.41, 5.74) is 2.60. The second-order valence-corrected chi connectivity index (χ2v) is 6.80. The van der Waals surface area contributed by atoms with Gasteiger partial charge in [0.1, 0.15) is 0 Å². The van der Waals surface area contributed by atoms with E-state index >= 15 is 0 Å². The number of halogens is 2. The summed E-state index contributed by atoms with van der Waals surface area (Å²) < 4.78 is 3.84. The number of carbonyl (C=O) groups excluding carboxylic acids is 1. The summed E-state index contributed by atoms with van der Waals surface area (Å²) in [4.78, 5) is 16.4. The van der Waals surface area contributed by atoms with E-state index < -0.39 is 0 Å². The highest BCUT2D eigenvalue weighted by atomic mass is 35.5. The van der Waals surface area contributed by atoms with Crippen molar-refractivity contribution in [3.8, 4) is 0 Å². The number of aromatic nitrogens is 5. The van der Waals surface area contributed by atoms with Crippen LogP contribution in [0.25, 0.3) is 0 Å². The first-order valence-corrected chi connectivity index (χ1v) is 9.22. The molecule has 4 rings (SSSR count). The molecule has 1 fully saturated rings. The molecule has 2 N–H and O–H groups in total. The molecule has 0 bridgehead atoms. The lowest BCUT2D eigenvalue weighted by Crippen LogP contribution is -2.29. The highest BCUT2D eigenvalue weighted by Crippen LogP contribution is 2.17. The average molecular weight is 438 g/mol. The molecule has 0 unspecified atom stereocenters. The standard InChI is InChI=1S/C19H23N7O.2ClH/c27-19(18-13-26(24-23-18)17-5-7-20-8-6-17)22-11-15-1-3-16(4-2-15)12-25-10-9-21-14-25;;/h1-4,9-10,13-14,17,20H,5-8,11-12H2,(H,22,27);2*1H. The molecule has 0 saturated carbocycles. The molecule has 1 saturated heterocycles. The van der Waals surface area contributed by atoms with Crippen molar-refractivity contribution in [3.05, 3.63) is 66.0 Å². The first-order chi connectivity index (χ1) is 13.3. The number of benzene rings is 1. The van der Waals surface area contributed by atoms with Crippen LogP contribution in [0.3, 0.4) is 0 Å². The van der Waals surface area contributed by atoms with Gasteiger partial charge in [0.25, 0.3) is 5.91 Å². The Labute approximate surface area is 181 Å². The van der Waals surface area contributed by atoms with E-state index in [0.29, 0.717) is 18.3 Å². The van der Waals surface area contributed by atoms with Gasteiger partial charge in [-0.1, -0.05) is 29.5 Å². The molecule has 3 aromatic rings. The van der Waals surface area contributed by atoms with E-state index in [1.54, 1.807) is 18.7 Å². The van der Waals surface area contributed by atoms with Crippen LogP contribution in [-0.4, -0.2) is 43.5 Å². The topological polar surface area (TPSA) is 89.7 Å². The average Bonchev–Trinajstić information content (AvgIpc) is 3.40. The predicted octanol–water partition coefficient (Wildman–Crippen LogP) is 2.22. The predicted molar refractivity (Wildman–Crippen MR) is 115 cm³/mol. The number of carbonyl (C=O) groups is 1. The van der Waals surface area contributed by atoms with E-state index in [2.05, 4.69) is 38.1 Å². The third-order valence-electron chi connectivity index (χ3n) is 4.83. The fourth-order valence-electron chi connectivity index (χ4n) is 3.26. The third-order valence-corrected chi connectivity index (χ3v) is 4.83. The van der Waals surface area contributed by atoms with Gasteiger partial charge in [-0.15, -0.1) is 29.9 Å². The number of hydrogen-bond acceptors (Lipinski definition) is 5. The number of amides is 1. The molecule has 0 spiro atoms. The van der Waals surface area contributed by atoms with E-state index in [1.807, 2.05) is 27.6 Å². The summed E-state index contributed by atoms with van der Waals surface area (Å²) in [6, 6.07) is 8.50. The monoisotopic (exact) mass is 437 g/mol. The Hall–Kier alpha value is -2.42. The van der Waals surface area contributed by atoms with Crippen molar-refractivity contribution >= 4 is 30.7 Å². The van der Waals surface area contributed by atoms with Gasteiger partial charge in [0.15, 0.2) is 5.69 Å². The SMILES string of the molecule is Cl.Cl.O=C(NCc1ccc(Cn2ccnc2)cc1)c1cn(C2CCNCC2)nn1. The molecule has 1 aliphatic rings. The Balaban J connectivity index is 0.00000150. The van der Waals surface area contributed by atoms with Crippen LogP contribution in [0.2, 0.25) is 0 Å². The van der Waals surface area contributed by atoms with Crippen molar-refractivity contribution in [2.75, 3.05) is 13.1 Å². The molecule has 1 aliphatic heterocycles. The summed E-state index contributed by atoms with van der Waals surface area (Å²) in [5, 5.41) is 14.4. The van der Waals surface area contributed by atoms with Gasteiger partial charge in [0.05, 0.1) is 18.6 Å². The summed E-state index contributed by atoms with van der Waals surface area (Å²) in [7, 11) is 0. The van der Waals surface area contributed by atoms with Crippen LogP contribution >= 0.6 is 24.8 Å². The van der Waals surface area contributed by atoms with Crippen molar-refractivity contribution in [1.29, 1.82) is 0 Å². The summed E-state index contributed by atoms with van der Waals surface area (Å²) >= 11 is 0. The summed E-state index contributed by atoms with van der Waals surface area (Å²) in [6.45, 7) is 3.20. The summed E-state index contributed by atoms with van der Waals surface area (Å²) in [5.74, 6) is -0.197. The Bertz CT molecular complexity index is 874. The Morgan fingerprint density at radius 2 is 1.86 bits per heavy atom. The molecule has 0 aliphatic carbocycles. The lowest BCUT2D eigenvalue weighted by molar-refractivity contribution is 0.0946. The molecular formula is C19H25Cl2N7O. The maximum atomic E-state index is 12.3. The van der Waals surface area contributed by atoms with E-state index in [0.717, 1.165) is 38.0 Å². The van der Waals surface area contributed by atoms with E-state index in [1.165, 1.54) is 5.56 Å². The minimum absolute atomic E-state index is 0. The maximum Gasteiger partial charge on any atom is 0.273 e. The van der Waals surface area contributed by atoms with Crippen molar-refractivity contribution in [3.63, 3.8) is 0 Å². The van der Waals surface area contributed by atoms with Gasteiger partial charge in [0, 0.05) is 25.5 Å². The van der Waals surface area contributed by atoms with Gasteiger partial charge in [-0.05, 0) is 37.1 Å². The third kappa shape index (κ3) is 6.03. The van der Waals surface area contributed by atoms with Crippen LogP contribution < -0.4 is 10.6 Å². The van der Waals surface area contributed by atoms with Gasteiger partial charge in [0.2, 0.25) is 0 Å². The van der Waals surface area contributed by atoms with Crippen LogP contribution in [0, 0.1) is 0 Å². The largest absolute Gasteiger partial charge is 0.347 e. The molecule has 8 nitrogen and oxygen atoms in total. The van der Waals surface area contributed by atoms with Gasteiger partial charge >= 0.3 is 0 Å². The van der Waals surface area contributed by atoms with E-state index in [-0.39, 0.29) is 30.7 Å².